The second kappa shape index (κ2) is 13.8. The zero-order valence-corrected chi connectivity index (χ0v) is 25.9. The molecule has 0 bridgehead atoms. The van der Waals surface area contributed by atoms with Gasteiger partial charge in [0.2, 0.25) is 11.4 Å². The van der Waals surface area contributed by atoms with Crippen LogP contribution in [-0.2, 0) is 35.0 Å². The third kappa shape index (κ3) is 6.53. The van der Waals surface area contributed by atoms with Gasteiger partial charge in [0.15, 0.2) is 11.5 Å². The summed E-state index contributed by atoms with van der Waals surface area (Å²) in [5, 5.41) is 10.9. The molecular formula is C40H36O6. The van der Waals surface area contributed by atoms with Crippen LogP contribution in [0.25, 0.3) is 5.57 Å². The van der Waals surface area contributed by atoms with E-state index in [1.807, 2.05) is 129 Å². The van der Waals surface area contributed by atoms with Crippen LogP contribution in [0, 0.1) is 13.8 Å². The second-order valence-corrected chi connectivity index (χ2v) is 11.3. The first-order chi connectivity index (χ1) is 22.4. The predicted molar refractivity (Wildman–Crippen MR) is 178 cm³/mol. The number of aliphatic carboxylic acids is 1. The Hall–Kier alpha value is -5.33. The van der Waals surface area contributed by atoms with Crippen molar-refractivity contribution in [1.82, 2.24) is 0 Å². The maximum absolute atomic E-state index is 13.4. The zero-order valence-electron chi connectivity index (χ0n) is 25.9. The molecule has 1 heterocycles. The lowest BCUT2D eigenvalue weighted by atomic mass is 9.82. The van der Waals surface area contributed by atoms with E-state index in [1.165, 1.54) is 0 Å². The van der Waals surface area contributed by atoms with Gasteiger partial charge in [-0.1, -0.05) is 115 Å². The van der Waals surface area contributed by atoms with Gasteiger partial charge in [-0.25, -0.2) is 4.79 Å². The molecule has 6 heteroatoms. The van der Waals surface area contributed by atoms with Gasteiger partial charge in [0.1, 0.15) is 19.8 Å². The molecule has 0 fully saturated rings. The molecule has 0 aromatic heterocycles. The lowest BCUT2D eigenvalue weighted by Gasteiger charge is -2.30. The van der Waals surface area contributed by atoms with Crippen LogP contribution < -0.4 is 14.2 Å². The molecule has 0 radical (unpaired) electrons. The molecule has 232 valence electrons. The third-order valence-corrected chi connectivity index (χ3v) is 8.21. The first-order valence-corrected chi connectivity index (χ1v) is 15.3. The number of rotatable bonds is 12. The van der Waals surface area contributed by atoms with Gasteiger partial charge >= 0.3 is 5.97 Å². The standard InChI is InChI=1S/C40H36O6/c1-28-18-19-33(22-29(28)2)35-20-21-46-40(35,39(41)42)34-23-36(43-25-30-12-6-3-7-13-30)38(45-27-32-16-10-5-11-17-32)37(24-34)44-26-31-14-8-4-9-15-31/h3-20,22-24H,21,25-27H2,1-2H3,(H,41,42). The van der Waals surface area contributed by atoms with Crippen LogP contribution in [0.1, 0.15) is 38.9 Å². The molecule has 5 aromatic carbocycles. The Morgan fingerprint density at radius 2 is 1.17 bits per heavy atom. The Morgan fingerprint density at radius 3 is 1.65 bits per heavy atom. The summed E-state index contributed by atoms with van der Waals surface area (Å²) in [4.78, 5) is 13.4. The van der Waals surface area contributed by atoms with Crippen molar-refractivity contribution in [2.45, 2.75) is 39.3 Å². The Morgan fingerprint density at radius 1 is 0.674 bits per heavy atom. The summed E-state index contributed by atoms with van der Waals surface area (Å²) in [6, 6.07) is 38.8. The normalized spacial score (nSPS) is 15.7. The molecule has 1 aliphatic heterocycles. The molecule has 1 N–H and O–H groups in total. The molecule has 0 saturated carbocycles. The molecule has 6 rings (SSSR count). The Balaban J connectivity index is 1.48. The van der Waals surface area contributed by atoms with Crippen LogP contribution in [0.2, 0.25) is 0 Å². The fourth-order valence-corrected chi connectivity index (χ4v) is 5.58. The van der Waals surface area contributed by atoms with E-state index in [1.54, 1.807) is 12.1 Å². The zero-order chi connectivity index (χ0) is 31.9. The third-order valence-electron chi connectivity index (χ3n) is 8.21. The Labute approximate surface area is 269 Å². The van der Waals surface area contributed by atoms with Crippen LogP contribution in [0.15, 0.2) is 127 Å². The maximum atomic E-state index is 13.4. The molecule has 0 amide bonds. The number of benzene rings is 5. The van der Waals surface area contributed by atoms with E-state index in [9.17, 15) is 9.90 Å². The summed E-state index contributed by atoms with van der Waals surface area (Å²) in [7, 11) is 0. The molecule has 0 spiro atoms. The van der Waals surface area contributed by atoms with E-state index in [-0.39, 0.29) is 26.4 Å². The second-order valence-electron chi connectivity index (χ2n) is 11.3. The van der Waals surface area contributed by atoms with Crippen LogP contribution in [0.4, 0.5) is 0 Å². The van der Waals surface area contributed by atoms with E-state index in [0.717, 1.165) is 33.4 Å². The van der Waals surface area contributed by atoms with Gasteiger partial charge in [0, 0.05) is 11.1 Å². The smallest absolute Gasteiger partial charge is 0.345 e. The number of aryl methyl sites for hydroxylation is 2. The van der Waals surface area contributed by atoms with Crippen LogP contribution in [0.5, 0.6) is 17.2 Å². The highest BCUT2D eigenvalue weighted by molar-refractivity contribution is 5.98. The van der Waals surface area contributed by atoms with Crippen molar-refractivity contribution in [3.63, 3.8) is 0 Å². The molecule has 46 heavy (non-hydrogen) atoms. The maximum Gasteiger partial charge on any atom is 0.345 e. The van der Waals surface area contributed by atoms with Crippen molar-refractivity contribution in [2.24, 2.45) is 0 Å². The van der Waals surface area contributed by atoms with Crippen LogP contribution in [0.3, 0.4) is 0 Å². The average Bonchev–Trinajstić information content (AvgIpc) is 3.55. The molecule has 1 unspecified atom stereocenters. The summed E-state index contributed by atoms with van der Waals surface area (Å²) >= 11 is 0. The van der Waals surface area contributed by atoms with Gasteiger partial charge in [0.05, 0.1) is 6.61 Å². The molecule has 1 atom stereocenters. The molecule has 5 aromatic rings. The van der Waals surface area contributed by atoms with Crippen molar-refractivity contribution >= 4 is 11.5 Å². The van der Waals surface area contributed by atoms with Gasteiger partial charge in [0.25, 0.3) is 0 Å². The average molecular weight is 613 g/mol. The van der Waals surface area contributed by atoms with Crippen molar-refractivity contribution < 1.29 is 28.8 Å². The molecule has 0 saturated heterocycles. The van der Waals surface area contributed by atoms with E-state index >= 15 is 0 Å². The minimum atomic E-state index is -1.80. The fourth-order valence-electron chi connectivity index (χ4n) is 5.58. The predicted octanol–water partition coefficient (Wildman–Crippen LogP) is 8.43. The number of hydrogen-bond acceptors (Lipinski definition) is 5. The first-order valence-electron chi connectivity index (χ1n) is 15.3. The SMILES string of the molecule is Cc1ccc(C2=CCOC2(C(=O)O)c2cc(OCc3ccccc3)c(OCc3ccccc3)c(OCc3ccccc3)c2)cc1C. The molecule has 6 nitrogen and oxygen atoms in total. The lowest BCUT2D eigenvalue weighted by Crippen LogP contribution is -2.37. The van der Waals surface area contributed by atoms with Gasteiger partial charge < -0.3 is 24.1 Å². The highest BCUT2D eigenvalue weighted by Crippen LogP contribution is 2.49. The number of ether oxygens (including phenoxy) is 4. The van der Waals surface area contributed by atoms with Gasteiger partial charge in [-0.15, -0.1) is 0 Å². The first kappa shape index (κ1) is 30.7. The summed E-state index contributed by atoms with van der Waals surface area (Å²) in [6.45, 7) is 4.93. The van der Waals surface area contributed by atoms with Gasteiger partial charge in [-0.3, -0.25) is 0 Å². The quantitative estimate of drug-likeness (QED) is 0.152. The summed E-state index contributed by atoms with van der Waals surface area (Å²) < 4.78 is 25.5. The Bertz CT molecular complexity index is 1770. The van der Waals surface area contributed by atoms with Crippen LogP contribution in [-0.4, -0.2) is 17.7 Å². The van der Waals surface area contributed by atoms with E-state index < -0.39 is 11.6 Å². The summed E-state index contributed by atoms with van der Waals surface area (Å²) in [5.41, 5.74) is 4.98. The summed E-state index contributed by atoms with van der Waals surface area (Å²) in [5.74, 6) is -0.0306. The topological polar surface area (TPSA) is 74.2 Å². The van der Waals surface area contributed by atoms with Crippen molar-refractivity contribution in [3.8, 4) is 17.2 Å². The monoisotopic (exact) mass is 612 g/mol. The minimum Gasteiger partial charge on any atom is -0.485 e. The van der Waals surface area contributed by atoms with Gasteiger partial charge in [-0.2, -0.15) is 0 Å². The summed E-state index contributed by atoms with van der Waals surface area (Å²) in [6.07, 6.45) is 1.84. The molecule has 1 aliphatic rings. The number of hydrogen-bond donors (Lipinski definition) is 1. The highest BCUT2D eigenvalue weighted by atomic mass is 16.5. The number of carboxylic acid groups (broad SMARTS) is 1. The number of carboxylic acids is 1. The lowest BCUT2D eigenvalue weighted by molar-refractivity contribution is -0.156. The number of carbonyl (C=O) groups is 1. The highest BCUT2D eigenvalue weighted by Gasteiger charge is 2.49. The van der Waals surface area contributed by atoms with Crippen molar-refractivity contribution in [1.29, 1.82) is 0 Å². The molecule has 0 aliphatic carbocycles. The van der Waals surface area contributed by atoms with E-state index in [2.05, 4.69) is 0 Å². The fraction of sp³-hybridized carbons (Fsp3) is 0.175. The minimum absolute atomic E-state index is 0.140. The van der Waals surface area contributed by atoms with E-state index in [4.69, 9.17) is 18.9 Å². The van der Waals surface area contributed by atoms with E-state index in [0.29, 0.717) is 28.4 Å². The van der Waals surface area contributed by atoms with Gasteiger partial charge in [-0.05, 0) is 59.4 Å². The van der Waals surface area contributed by atoms with Crippen LogP contribution >= 0.6 is 0 Å². The Kier molecular flexibility index (Phi) is 9.18. The van der Waals surface area contributed by atoms with Crippen molar-refractivity contribution in [2.75, 3.05) is 6.61 Å². The largest absolute Gasteiger partial charge is 0.485 e. The molecular weight excluding hydrogens is 576 g/mol. The van der Waals surface area contributed by atoms with Crippen molar-refractivity contribution in [3.05, 3.63) is 166 Å².